The van der Waals surface area contributed by atoms with Gasteiger partial charge in [0.1, 0.15) is 17.3 Å². The van der Waals surface area contributed by atoms with Crippen molar-refractivity contribution in [2.75, 3.05) is 25.2 Å². The molecular formula is C28H26BrNO7. The van der Waals surface area contributed by atoms with Crippen LogP contribution in [0.3, 0.4) is 0 Å². The Hall–Kier alpha value is -3.98. The maximum Gasteiger partial charge on any atom is 0.300 e. The van der Waals surface area contributed by atoms with E-state index in [1.165, 1.54) is 18.1 Å². The lowest BCUT2D eigenvalue weighted by atomic mass is 9.94. The number of hydrogen-bond donors (Lipinski definition) is 2. The fraction of sp³-hybridized carbons (Fsp3) is 0.214. The smallest absolute Gasteiger partial charge is 0.300 e. The van der Waals surface area contributed by atoms with Gasteiger partial charge in [-0.25, -0.2) is 0 Å². The average Bonchev–Trinajstić information content (AvgIpc) is 3.16. The van der Waals surface area contributed by atoms with Gasteiger partial charge in [-0.1, -0.05) is 6.07 Å². The molecule has 3 aromatic carbocycles. The first-order valence-electron chi connectivity index (χ1n) is 11.6. The van der Waals surface area contributed by atoms with Crippen LogP contribution in [0.25, 0.3) is 5.76 Å². The third-order valence-electron chi connectivity index (χ3n) is 5.89. The number of carbonyl (C=O) groups is 2. The fourth-order valence-corrected chi connectivity index (χ4v) is 4.77. The third-order valence-corrected chi connectivity index (χ3v) is 6.51. The summed E-state index contributed by atoms with van der Waals surface area (Å²) in [4.78, 5) is 28.1. The molecule has 1 atom stereocenters. The summed E-state index contributed by atoms with van der Waals surface area (Å²) in [7, 11) is 1.52. The van der Waals surface area contributed by atoms with E-state index in [1.54, 1.807) is 61.5 Å². The molecule has 9 heteroatoms. The fourth-order valence-electron chi connectivity index (χ4n) is 4.22. The van der Waals surface area contributed by atoms with Crippen LogP contribution in [0.5, 0.6) is 23.0 Å². The number of rotatable bonds is 8. The molecule has 2 N–H and O–H groups in total. The number of anilines is 1. The SMILES string of the molecule is CCOc1ccc(N2C(=O)C(=O)/C(=C(\O)c3ccc(OC)c(Br)c3)C2c2ccc(O)c(OCC)c2)cc1. The number of amides is 1. The Balaban J connectivity index is 1.92. The Morgan fingerprint density at radius 2 is 1.65 bits per heavy atom. The Morgan fingerprint density at radius 3 is 2.27 bits per heavy atom. The molecule has 1 aliphatic heterocycles. The van der Waals surface area contributed by atoms with Crippen molar-refractivity contribution in [3.63, 3.8) is 0 Å². The number of ether oxygens (including phenoxy) is 3. The number of aliphatic hydroxyl groups is 1. The van der Waals surface area contributed by atoms with Crippen molar-refractivity contribution in [3.8, 4) is 23.0 Å². The van der Waals surface area contributed by atoms with E-state index in [1.807, 2.05) is 6.92 Å². The largest absolute Gasteiger partial charge is 0.507 e. The number of phenolic OH excluding ortho intramolecular Hbond substituents is 1. The second-order valence-corrected chi connectivity index (χ2v) is 8.96. The first-order valence-corrected chi connectivity index (χ1v) is 12.4. The molecule has 0 bridgehead atoms. The number of nitrogens with zero attached hydrogens (tertiary/aromatic N) is 1. The predicted octanol–water partition coefficient (Wildman–Crippen LogP) is 5.59. The molecule has 3 aromatic rings. The number of phenols is 1. The van der Waals surface area contributed by atoms with E-state index in [0.29, 0.717) is 46.0 Å². The number of methoxy groups -OCH3 is 1. The molecule has 8 nitrogen and oxygen atoms in total. The van der Waals surface area contributed by atoms with Crippen molar-refractivity contribution >= 4 is 39.1 Å². The maximum atomic E-state index is 13.4. The summed E-state index contributed by atoms with van der Waals surface area (Å²) in [5.74, 6) is -0.699. The average molecular weight is 568 g/mol. The van der Waals surface area contributed by atoms with Gasteiger partial charge >= 0.3 is 0 Å². The molecule has 1 heterocycles. The number of halogens is 1. The van der Waals surface area contributed by atoms with Crippen LogP contribution < -0.4 is 19.1 Å². The number of aliphatic hydroxyl groups excluding tert-OH is 1. The van der Waals surface area contributed by atoms with Crippen LogP contribution in [0, 0.1) is 0 Å². The van der Waals surface area contributed by atoms with Crippen molar-refractivity contribution in [3.05, 3.63) is 81.8 Å². The normalized spacial score (nSPS) is 16.6. The van der Waals surface area contributed by atoms with Crippen LogP contribution in [0.15, 0.2) is 70.7 Å². The minimum Gasteiger partial charge on any atom is -0.507 e. The van der Waals surface area contributed by atoms with E-state index in [9.17, 15) is 19.8 Å². The number of benzene rings is 3. The van der Waals surface area contributed by atoms with Crippen LogP contribution in [0.1, 0.15) is 31.0 Å². The van der Waals surface area contributed by atoms with E-state index in [-0.39, 0.29) is 22.8 Å². The Morgan fingerprint density at radius 1 is 0.946 bits per heavy atom. The summed E-state index contributed by atoms with van der Waals surface area (Å²) in [6.45, 7) is 4.43. The van der Waals surface area contributed by atoms with Gasteiger partial charge in [-0.3, -0.25) is 14.5 Å². The topological polar surface area (TPSA) is 106 Å². The second-order valence-electron chi connectivity index (χ2n) is 8.11. The van der Waals surface area contributed by atoms with Gasteiger partial charge in [0, 0.05) is 11.3 Å². The molecule has 192 valence electrons. The Bertz CT molecular complexity index is 1370. The first kappa shape index (κ1) is 26.1. The minimum atomic E-state index is -0.987. The highest BCUT2D eigenvalue weighted by molar-refractivity contribution is 9.10. The van der Waals surface area contributed by atoms with Crippen molar-refractivity contribution in [1.29, 1.82) is 0 Å². The summed E-state index contributed by atoms with van der Waals surface area (Å²) in [6, 6.07) is 15.2. The highest BCUT2D eigenvalue weighted by Gasteiger charge is 2.47. The Kier molecular flexibility index (Phi) is 7.73. The summed E-state index contributed by atoms with van der Waals surface area (Å²) in [6.07, 6.45) is 0. The first-order chi connectivity index (χ1) is 17.8. The maximum absolute atomic E-state index is 13.4. The molecule has 1 unspecified atom stereocenters. The number of hydrogen-bond acceptors (Lipinski definition) is 7. The van der Waals surface area contributed by atoms with Gasteiger partial charge in [-0.15, -0.1) is 0 Å². The molecule has 1 amide bonds. The van der Waals surface area contributed by atoms with E-state index in [4.69, 9.17) is 14.2 Å². The van der Waals surface area contributed by atoms with Gasteiger partial charge in [-0.2, -0.15) is 0 Å². The summed E-state index contributed by atoms with van der Waals surface area (Å²) >= 11 is 3.40. The lowest BCUT2D eigenvalue weighted by Crippen LogP contribution is -2.29. The molecule has 1 aliphatic rings. The Labute approximate surface area is 222 Å². The van der Waals surface area contributed by atoms with Gasteiger partial charge in [0.05, 0.1) is 36.4 Å². The summed E-state index contributed by atoms with van der Waals surface area (Å²) in [5, 5.41) is 21.6. The monoisotopic (exact) mass is 567 g/mol. The lowest BCUT2D eigenvalue weighted by Gasteiger charge is -2.26. The second kappa shape index (κ2) is 11.0. The number of Topliss-reactive ketones (excluding diaryl/α,β-unsaturated/α-hetero) is 1. The quantitative estimate of drug-likeness (QED) is 0.208. The van der Waals surface area contributed by atoms with Crippen LogP contribution in [0.2, 0.25) is 0 Å². The van der Waals surface area contributed by atoms with Crippen LogP contribution in [0.4, 0.5) is 5.69 Å². The summed E-state index contributed by atoms with van der Waals surface area (Å²) < 4.78 is 16.9. The van der Waals surface area contributed by atoms with Gasteiger partial charge < -0.3 is 24.4 Å². The van der Waals surface area contributed by atoms with Gasteiger partial charge in [0.15, 0.2) is 11.5 Å². The zero-order valence-electron chi connectivity index (χ0n) is 20.5. The molecular weight excluding hydrogens is 542 g/mol. The van der Waals surface area contributed by atoms with Crippen LogP contribution >= 0.6 is 15.9 Å². The van der Waals surface area contributed by atoms with E-state index in [2.05, 4.69) is 15.9 Å². The zero-order chi connectivity index (χ0) is 26.7. The van der Waals surface area contributed by atoms with Crippen molar-refractivity contribution in [1.82, 2.24) is 0 Å². The lowest BCUT2D eigenvalue weighted by molar-refractivity contribution is -0.132. The van der Waals surface area contributed by atoms with Crippen molar-refractivity contribution in [2.45, 2.75) is 19.9 Å². The van der Waals surface area contributed by atoms with E-state index in [0.717, 1.165) is 0 Å². The third kappa shape index (κ3) is 4.99. The summed E-state index contributed by atoms with van der Waals surface area (Å²) in [5.41, 5.74) is 1.15. The molecule has 1 fully saturated rings. The number of carbonyl (C=O) groups excluding carboxylic acids is 2. The van der Waals surface area contributed by atoms with Gasteiger partial charge in [0.2, 0.25) is 0 Å². The molecule has 0 aliphatic carbocycles. The molecule has 0 saturated carbocycles. The van der Waals surface area contributed by atoms with E-state index >= 15 is 0 Å². The van der Waals surface area contributed by atoms with Gasteiger partial charge in [0.25, 0.3) is 11.7 Å². The van der Waals surface area contributed by atoms with Crippen LogP contribution in [-0.4, -0.2) is 42.2 Å². The molecule has 0 spiro atoms. The standard InChI is InChI=1S/C28H26BrNO7/c1-4-36-19-10-8-18(9-11-19)30-25(16-6-12-21(31)23(15-16)37-5-2)24(27(33)28(30)34)26(32)17-7-13-22(35-3)20(29)14-17/h6-15,25,31-32H,4-5H2,1-3H3/b26-24-. The minimum absolute atomic E-state index is 0.0808. The van der Waals surface area contributed by atoms with E-state index < -0.39 is 17.7 Å². The molecule has 0 radical (unpaired) electrons. The number of aromatic hydroxyl groups is 1. The zero-order valence-corrected chi connectivity index (χ0v) is 22.1. The predicted molar refractivity (Wildman–Crippen MR) is 142 cm³/mol. The highest BCUT2D eigenvalue weighted by Crippen LogP contribution is 2.44. The highest BCUT2D eigenvalue weighted by atomic mass is 79.9. The molecule has 0 aromatic heterocycles. The van der Waals surface area contributed by atoms with Crippen LogP contribution in [-0.2, 0) is 9.59 Å². The van der Waals surface area contributed by atoms with Gasteiger partial charge in [-0.05, 0) is 89.9 Å². The molecule has 4 rings (SSSR count). The molecule has 37 heavy (non-hydrogen) atoms. The molecule has 1 saturated heterocycles. The van der Waals surface area contributed by atoms with Crippen molar-refractivity contribution < 1.29 is 34.0 Å². The number of ketones is 1. The van der Waals surface area contributed by atoms with Crippen molar-refractivity contribution in [2.24, 2.45) is 0 Å².